The molecule has 0 aliphatic heterocycles. The Bertz CT molecular complexity index is 404. The van der Waals surface area contributed by atoms with Gasteiger partial charge in [0.15, 0.2) is 0 Å². The fourth-order valence-electron chi connectivity index (χ4n) is 1.29. The second kappa shape index (κ2) is 6.76. The molecule has 18 heavy (non-hydrogen) atoms. The summed E-state index contributed by atoms with van der Waals surface area (Å²) >= 11 is 0. The van der Waals surface area contributed by atoms with Crippen molar-refractivity contribution in [3.63, 3.8) is 0 Å². The van der Waals surface area contributed by atoms with E-state index in [1.165, 1.54) is 4.90 Å². The smallest absolute Gasteiger partial charge is 0.323 e. The van der Waals surface area contributed by atoms with E-state index in [0.717, 1.165) is 5.56 Å². The van der Waals surface area contributed by atoms with E-state index in [-0.39, 0.29) is 18.9 Å². The lowest BCUT2D eigenvalue weighted by atomic mass is 10.2. The molecule has 0 aromatic heterocycles. The predicted molar refractivity (Wildman–Crippen MR) is 67.5 cm³/mol. The van der Waals surface area contributed by atoms with Crippen LogP contribution in [0.1, 0.15) is 12.0 Å². The van der Waals surface area contributed by atoms with Crippen molar-refractivity contribution in [1.29, 1.82) is 0 Å². The third-order valence-corrected chi connectivity index (χ3v) is 2.42. The molecule has 2 N–H and O–H groups in total. The zero-order valence-electron chi connectivity index (χ0n) is 10.6. The molecule has 5 nitrogen and oxygen atoms in total. The van der Waals surface area contributed by atoms with Crippen molar-refractivity contribution in [2.45, 2.75) is 19.1 Å². The predicted octanol–water partition coefficient (Wildman–Crippen LogP) is 0.535. The number of nitrogens with zero attached hydrogens (tertiary/aromatic N) is 1. The summed E-state index contributed by atoms with van der Waals surface area (Å²) in [5.41, 5.74) is 6.48. The highest BCUT2D eigenvalue weighted by Crippen LogP contribution is 2.03. The minimum absolute atomic E-state index is 0.0410. The zero-order valence-corrected chi connectivity index (χ0v) is 10.6. The van der Waals surface area contributed by atoms with Gasteiger partial charge in [-0.15, -0.1) is 0 Å². The molecule has 1 amide bonds. The second-order valence-corrected chi connectivity index (χ2v) is 4.19. The van der Waals surface area contributed by atoms with Crippen molar-refractivity contribution in [3.05, 3.63) is 35.9 Å². The van der Waals surface area contributed by atoms with Gasteiger partial charge < -0.3 is 15.4 Å². The Hall–Kier alpha value is -1.88. The summed E-state index contributed by atoms with van der Waals surface area (Å²) in [5.74, 6) is -0.756. The average Bonchev–Trinajstić information content (AvgIpc) is 2.36. The molecule has 0 unspecified atom stereocenters. The van der Waals surface area contributed by atoms with Crippen molar-refractivity contribution >= 4 is 11.9 Å². The number of hydrogen-bond acceptors (Lipinski definition) is 4. The molecule has 0 spiro atoms. The number of benzene rings is 1. The molecule has 0 saturated carbocycles. The number of carbonyl (C=O) groups is 2. The summed E-state index contributed by atoms with van der Waals surface area (Å²) in [6, 6.07) is 8.39. The largest absolute Gasteiger partial charge is 0.460 e. The van der Waals surface area contributed by atoms with Crippen molar-refractivity contribution in [1.82, 2.24) is 4.90 Å². The highest BCUT2D eigenvalue weighted by Gasteiger charge is 2.19. The van der Waals surface area contributed by atoms with Crippen LogP contribution >= 0.6 is 0 Å². The standard InChI is InChI=1S/C13H18N2O3/c1-15(2)12(16)8-11(14)13(17)18-9-10-6-4-3-5-7-10/h3-7,11H,8-9,14H2,1-2H3/t11-/m0/s1. The van der Waals surface area contributed by atoms with Crippen LogP contribution in [0.3, 0.4) is 0 Å². The molecule has 0 heterocycles. The number of carbonyl (C=O) groups excluding carboxylic acids is 2. The number of amides is 1. The molecule has 0 bridgehead atoms. The highest BCUT2D eigenvalue weighted by molar-refractivity contribution is 5.84. The van der Waals surface area contributed by atoms with Crippen LogP contribution in [0, 0.1) is 0 Å². The quantitative estimate of drug-likeness (QED) is 0.774. The van der Waals surface area contributed by atoms with Gasteiger partial charge in [-0.2, -0.15) is 0 Å². The maximum Gasteiger partial charge on any atom is 0.323 e. The first-order valence-electron chi connectivity index (χ1n) is 5.67. The number of hydrogen-bond donors (Lipinski definition) is 1. The summed E-state index contributed by atoms with van der Waals surface area (Å²) in [5, 5.41) is 0. The normalized spacial score (nSPS) is 11.7. The van der Waals surface area contributed by atoms with Gasteiger partial charge in [0.25, 0.3) is 0 Å². The van der Waals surface area contributed by atoms with Crippen molar-refractivity contribution in [2.24, 2.45) is 5.73 Å². The monoisotopic (exact) mass is 250 g/mol. The van der Waals surface area contributed by atoms with Crippen LogP contribution in [0.5, 0.6) is 0 Å². The molecular weight excluding hydrogens is 232 g/mol. The molecule has 1 atom stereocenters. The van der Waals surface area contributed by atoms with Crippen molar-refractivity contribution in [3.8, 4) is 0 Å². The van der Waals surface area contributed by atoms with Crippen LogP contribution in [0.2, 0.25) is 0 Å². The van der Waals surface area contributed by atoms with E-state index in [1.807, 2.05) is 30.3 Å². The molecule has 0 aliphatic carbocycles. The Morgan fingerprint density at radius 1 is 1.28 bits per heavy atom. The van der Waals surface area contributed by atoms with Gasteiger partial charge in [-0.25, -0.2) is 0 Å². The van der Waals surface area contributed by atoms with Gasteiger partial charge in [0.1, 0.15) is 12.6 Å². The first kappa shape index (κ1) is 14.2. The Balaban J connectivity index is 2.39. The van der Waals surface area contributed by atoms with Crippen LogP contribution in [0.15, 0.2) is 30.3 Å². The fraction of sp³-hybridized carbons (Fsp3) is 0.385. The number of ether oxygens (including phenoxy) is 1. The van der Waals surface area contributed by atoms with Gasteiger partial charge in [-0.3, -0.25) is 9.59 Å². The number of esters is 1. The summed E-state index contributed by atoms with van der Waals surface area (Å²) in [4.78, 5) is 24.3. The topological polar surface area (TPSA) is 72.6 Å². The van der Waals surface area contributed by atoms with E-state index >= 15 is 0 Å². The lowest BCUT2D eigenvalue weighted by Gasteiger charge is -2.14. The van der Waals surface area contributed by atoms with Gasteiger partial charge in [0.2, 0.25) is 5.91 Å². The Morgan fingerprint density at radius 2 is 1.89 bits per heavy atom. The van der Waals surface area contributed by atoms with E-state index in [0.29, 0.717) is 0 Å². The van der Waals surface area contributed by atoms with Gasteiger partial charge in [-0.1, -0.05) is 30.3 Å². The van der Waals surface area contributed by atoms with Gasteiger partial charge in [0, 0.05) is 14.1 Å². The molecule has 1 aromatic carbocycles. The minimum atomic E-state index is -0.913. The summed E-state index contributed by atoms with van der Waals surface area (Å²) in [6.45, 7) is 0.170. The van der Waals surface area contributed by atoms with Crippen molar-refractivity contribution < 1.29 is 14.3 Å². The second-order valence-electron chi connectivity index (χ2n) is 4.19. The average molecular weight is 250 g/mol. The SMILES string of the molecule is CN(C)C(=O)C[C@H](N)C(=O)OCc1ccccc1. The Labute approximate surface area is 107 Å². The van der Waals surface area contributed by atoms with E-state index in [9.17, 15) is 9.59 Å². The van der Waals surface area contributed by atoms with Crippen LogP contribution in [0.25, 0.3) is 0 Å². The number of nitrogens with two attached hydrogens (primary N) is 1. The first-order valence-corrected chi connectivity index (χ1v) is 5.67. The molecule has 1 aromatic rings. The van der Waals surface area contributed by atoms with Crippen LogP contribution in [0.4, 0.5) is 0 Å². The maximum atomic E-state index is 11.6. The van der Waals surface area contributed by atoms with E-state index in [4.69, 9.17) is 10.5 Å². The Kier molecular flexibility index (Phi) is 5.32. The third kappa shape index (κ3) is 4.55. The fourth-order valence-corrected chi connectivity index (χ4v) is 1.29. The van der Waals surface area contributed by atoms with Gasteiger partial charge >= 0.3 is 5.97 Å². The van der Waals surface area contributed by atoms with E-state index < -0.39 is 12.0 Å². The highest BCUT2D eigenvalue weighted by atomic mass is 16.5. The molecule has 0 saturated heterocycles. The zero-order chi connectivity index (χ0) is 13.5. The Morgan fingerprint density at radius 3 is 2.44 bits per heavy atom. The first-order chi connectivity index (χ1) is 8.50. The molecule has 0 aliphatic rings. The molecule has 98 valence electrons. The van der Waals surface area contributed by atoms with E-state index in [1.54, 1.807) is 14.1 Å². The van der Waals surface area contributed by atoms with Gasteiger partial charge in [0.05, 0.1) is 6.42 Å². The van der Waals surface area contributed by atoms with E-state index in [2.05, 4.69) is 0 Å². The molecule has 0 radical (unpaired) electrons. The van der Waals surface area contributed by atoms with Crippen LogP contribution in [-0.4, -0.2) is 36.9 Å². The summed E-state index contributed by atoms with van der Waals surface area (Å²) in [7, 11) is 3.23. The third-order valence-electron chi connectivity index (χ3n) is 2.42. The lowest BCUT2D eigenvalue weighted by molar-refractivity contribution is -0.148. The maximum absolute atomic E-state index is 11.6. The summed E-state index contributed by atoms with van der Waals surface area (Å²) < 4.78 is 5.04. The van der Waals surface area contributed by atoms with Gasteiger partial charge in [-0.05, 0) is 5.56 Å². The minimum Gasteiger partial charge on any atom is -0.460 e. The molecular formula is C13H18N2O3. The van der Waals surface area contributed by atoms with Crippen LogP contribution < -0.4 is 5.73 Å². The molecule has 0 fully saturated rings. The summed E-state index contributed by atoms with van der Waals surface area (Å²) in [6.07, 6.45) is -0.0410. The van der Waals surface area contributed by atoms with Crippen LogP contribution in [-0.2, 0) is 20.9 Å². The van der Waals surface area contributed by atoms with Crippen molar-refractivity contribution in [2.75, 3.05) is 14.1 Å². The lowest BCUT2D eigenvalue weighted by Crippen LogP contribution is -2.37. The number of rotatable bonds is 5. The molecule has 1 rings (SSSR count). The molecule has 5 heteroatoms.